The van der Waals surface area contributed by atoms with Crippen LogP contribution in [0.4, 0.5) is 24.7 Å². The van der Waals surface area contributed by atoms with Gasteiger partial charge in [-0.25, -0.2) is 9.66 Å². The number of benzene rings is 2. The van der Waals surface area contributed by atoms with E-state index in [-0.39, 0.29) is 5.69 Å². The van der Waals surface area contributed by atoms with E-state index >= 15 is 0 Å². The van der Waals surface area contributed by atoms with Crippen molar-refractivity contribution in [2.75, 3.05) is 5.32 Å². The molecule has 4 rings (SSSR count). The van der Waals surface area contributed by atoms with Crippen LogP contribution in [-0.4, -0.2) is 21.5 Å². The minimum atomic E-state index is -4.43. The van der Waals surface area contributed by atoms with Crippen molar-refractivity contribution in [1.82, 2.24) is 14.8 Å². The highest BCUT2D eigenvalue weighted by molar-refractivity contribution is 5.93. The van der Waals surface area contributed by atoms with Crippen LogP contribution in [0.2, 0.25) is 0 Å². The summed E-state index contributed by atoms with van der Waals surface area (Å²) in [6.45, 7) is 5.27. The van der Waals surface area contributed by atoms with Gasteiger partial charge in [-0.1, -0.05) is 23.2 Å². The molecule has 0 aliphatic heterocycles. The Morgan fingerprint density at radius 3 is 2.73 bits per heavy atom. The Balaban J connectivity index is 1.68. The number of para-hydroxylation sites is 1. The fourth-order valence-electron chi connectivity index (χ4n) is 2.89. The van der Waals surface area contributed by atoms with Crippen molar-refractivity contribution in [2.45, 2.75) is 13.1 Å². The number of anilines is 2. The number of nitrogens with one attached hydrogen (secondary N) is 1. The van der Waals surface area contributed by atoms with Gasteiger partial charge in [0.15, 0.2) is 11.4 Å². The minimum absolute atomic E-state index is 0.243. The molecule has 0 bridgehead atoms. The SMILES string of the molecule is C=Nn1c(C#Cc2cccc3c(Nc4cccc(C(F)(F)F)c4)noc23)cnc1C. The van der Waals surface area contributed by atoms with Gasteiger partial charge in [0.2, 0.25) is 0 Å². The van der Waals surface area contributed by atoms with Crippen molar-refractivity contribution in [3.63, 3.8) is 0 Å². The number of imidazole rings is 1. The molecule has 30 heavy (non-hydrogen) atoms. The summed E-state index contributed by atoms with van der Waals surface area (Å²) >= 11 is 0. The topological polar surface area (TPSA) is 68.2 Å². The van der Waals surface area contributed by atoms with E-state index in [1.165, 1.54) is 16.8 Å². The van der Waals surface area contributed by atoms with Gasteiger partial charge < -0.3 is 9.84 Å². The first-order valence-electron chi connectivity index (χ1n) is 8.73. The average Bonchev–Trinajstić information content (AvgIpc) is 3.29. The van der Waals surface area contributed by atoms with Crippen molar-refractivity contribution in [2.24, 2.45) is 5.10 Å². The first-order valence-corrected chi connectivity index (χ1v) is 8.73. The van der Waals surface area contributed by atoms with Crippen LogP contribution >= 0.6 is 0 Å². The molecule has 9 heteroatoms. The Bertz CT molecular complexity index is 1310. The summed E-state index contributed by atoms with van der Waals surface area (Å²) in [5.41, 5.74) is 1.02. The lowest BCUT2D eigenvalue weighted by Crippen LogP contribution is -2.05. The second-order valence-corrected chi connectivity index (χ2v) is 6.31. The van der Waals surface area contributed by atoms with Gasteiger partial charge in [0.25, 0.3) is 0 Å². The highest BCUT2D eigenvalue weighted by atomic mass is 19.4. The van der Waals surface area contributed by atoms with E-state index in [9.17, 15) is 13.2 Å². The molecule has 2 aromatic carbocycles. The first-order chi connectivity index (χ1) is 14.4. The summed E-state index contributed by atoms with van der Waals surface area (Å²) in [5, 5.41) is 11.3. The van der Waals surface area contributed by atoms with Gasteiger partial charge in [0.05, 0.1) is 22.7 Å². The predicted octanol–water partition coefficient (Wildman–Crippen LogP) is 4.96. The van der Waals surface area contributed by atoms with Gasteiger partial charge >= 0.3 is 6.18 Å². The van der Waals surface area contributed by atoms with E-state index in [4.69, 9.17) is 4.52 Å². The van der Waals surface area contributed by atoms with Crippen molar-refractivity contribution in [3.05, 3.63) is 71.3 Å². The molecule has 2 heterocycles. The standard InChI is InChI=1S/C21H14F3N5O/c1-13-26-12-17(29(13)25-2)10-9-14-5-3-8-18-19(14)30-28-20(18)27-16-7-4-6-15(11-16)21(22,23)24/h3-8,11-12H,2H2,1H3,(H,27,28). The van der Waals surface area contributed by atoms with Crippen molar-refractivity contribution in [3.8, 4) is 11.8 Å². The molecule has 0 amide bonds. The fraction of sp³-hybridized carbons (Fsp3) is 0.0952. The lowest BCUT2D eigenvalue weighted by Gasteiger charge is -2.09. The van der Waals surface area contributed by atoms with E-state index in [2.05, 4.69) is 39.1 Å². The zero-order valence-corrected chi connectivity index (χ0v) is 15.7. The monoisotopic (exact) mass is 409 g/mol. The van der Waals surface area contributed by atoms with E-state index in [1.807, 2.05) is 0 Å². The number of nitrogens with zero attached hydrogens (tertiary/aromatic N) is 4. The van der Waals surface area contributed by atoms with E-state index in [1.54, 1.807) is 31.3 Å². The smallest absolute Gasteiger partial charge is 0.353 e. The summed E-state index contributed by atoms with van der Waals surface area (Å²) in [6.07, 6.45) is -2.85. The molecule has 0 saturated heterocycles. The van der Waals surface area contributed by atoms with Crippen LogP contribution in [0.3, 0.4) is 0 Å². The minimum Gasteiger partial charge on any atom is -0.353 e. The number of aromatic nitrogens is 3. The van der Waals surface area contributed by atoms with Crippen LogP contribution in [0.25, 0.3) is 11.0 Å². The molecule has 0 spiro atoms. The number of hydrogen-bond acceptors (Lipinski definition) is 5. The number of fused-ring (bicyclic) bond motifs is 1. The van der Waals surface area contributed by atoms with Crippen LogP contribution < -0.4 is 5.32 Å². The Morgan fingerprint density at radius 1 is 1.17 bits per heavy atom. The summed E-state index contributed by atoms with van der Waals surface area (Å²) in [6, 6.07) is 10.1. The van der Waals surface area contributed by atoms with Crippen LogP contribution in [-0.2, 0) is 6.18 Å². The number of alkyl halides is 3. The lowest BCUT2D eigenvalue weighted by atomic mass is 10.1. The van der Waals surface area contributed by atoms with Crippen molar-refractivity contribution < 1.29 is 17.7 Å². The molecule has 6 nitrogen and oxygen atoms in total. The Labute approximate surface area is 169 Å². The molecule has 4 aromatic rings. The molecule has 0 saturated carbocycles. The first kappa shape index (κ1) is 19.3. The predicted molar refractivity (Wildman–Crippen MR) is 107 cm³/mol. The molecule has 0 radical (unpaired) electrons. The van der Waals surface area contributed by atoms with Gasteiger partial charge in [-0.15, -0.1) is 0 Å². The summed E-state index contributed by atoms with van der Waals surface area (Å²) in [4.78, 5) is 4.14. The highest BCUT2D eigenvalue weighted by Gasteiger charge is 2.30. The highest BCUT2D eigenvalue weighted by Crippen LogP contribution is 2.33. The number of rotatable bonds is 3. The summed E-state index contributed by atoms with van der Waals surface area (Å²) in [7, 11) is 0. The molecule has 0 aliphatic carbocycles. The van der Waals surface area contributed by atoms with Crippen molar-refractivity contribution in [1.29, 1.82) is 0 Å². The average molecular weight is 409 g/mol. The number of hydrogen-bond donors (Lipinski definition) is 1. The Hall–Kier alpha value is -4.06. The zero-order valence-electron chi connectivity index (χ0n) is 15.7. The Kier molecular flexibility index (Phi) is 4.75. The summed E-state index contributed by atoms with van der Waals surface area (Å²) in [5.74, 6) is 6.90. The van der Waals surface area contributed by atoms with Crippen LogP contribution in [0.15, 0.2) is 58.3 Å². The van der Waals surface area contributed by atoms with E-state index in [0.717, 1.165) is 12.1 Å². The molecule has 0 unspecified atom stereocenters. The third-order valence-electron chi connectivity index (χ3n) is 4.33. The maximum atomic E-state index is 12.9. The maximum absolute atomic E-state index is 12.9. The molecule has 0 fully saturated rings. The normalized spacial score (nSPS) is 11.2. The van der Waals surface area contributed by atoms with Gasteiger partial charge in [0, 0.05) is 12.4 Å². The molecular formula is C21H14F3N5O. The van der Waals surface area contributed by atoms with Crippen LogP contribution in [0.5, 0.6) is 0 Å². The molecular weight excluding hydrogens is 395 g/mol. The molecule has 0 aliphatic rings. The molecule has 0 atom stereocenters. The maximum Gasteiger partial charge on any atom is 0.416 e. The van der Waals surface area contributed by atoms with Crippen LogP contribution in [0.1, 0.15) is 22.6 Å². The Morgan fingerprint density at radius 2 is 1.97 bits per heavy atom. The van der Waals surface area contributed by atoms with Gasteiger partial charge in [-0.05, 0) is 43.2 Å². The molecule has 2 aromatic heterocycles. The second-order valence-electron chi connectivity index (χ2n) is 6.31. The third kappa shape index (κ3) is 3.63. The third-order valence-corrected chi connectivity index (χ3v) is 4.33. The molecule has 1 N–H and O–H groups in total. The number of aryl methyl sites for hydroxylation is 1. The van der Waals surface area contributed by atoms with Crippen molar-refractivity contribution >= 4 is 29.2 Å². The largest absolute Gasteiger partial charge is 0.416 e. The lowest BCUT2D eigenvalue weighted by molar-refractivity contribution is -0.137. The number of halogens is 3. The van der Waals surface area contributed by atoms with Gasteiger partial charge in [-0.2, -0.15) is 18.3 Å². The van der Waals surface area contributed by atoms with Crippen LogP contribution in [0, 0.1) is 18.8 Å². The second kappa shape index (κ2) is 7.40. The van der Waals surface area contributed by atoms with E-state index in [0.29, 0.717) is 33.9 Å². The van der Waals surface area contributed by atoms with E-state index < -0.39 is 11.7 Å². The fourth-order valence-corrected chi connectivity index (χ4v) is 2.89. The quantitative estimate of drug-likeness (QED) is 0.384. The van der Waals surface area contributed by atoms with Gasteiger partial charge in [-0.3, -0.25) is 0 Å². The molecule has 150 valence electrons. The zero-order chi connectivity index (χ0) is 21.3. The van der Waals surface area contributed by atoms with Gasteiger partial charge in [0.1, 0.15) is 11.5 Å². The summed E-state index contributed by atoms with van der Waals surface area (Å²) < 4.78 is 45.7.